The van der Waals surface area contributed by atoms with E-state index < -0.39 is 0 Å². The minimum absolute atomic E-state index is 0.0560. The second kappa shape index (κ2) is 8.22. The lowest BCUT2D eigenvalue weighted by atomic mass is 10.4. The summed E-state index contributed by atoms with van der Waals surface area (Å²) >= 11 is 1.72. The molecular formula is C12H20N2O2S. The first-order valence-corrected chi connectivity index (χ1v) is 6.64. The molecule has 1 aromatic rings. The number of amides is 1. The average Bonchev–Trinajstić information content (AvgIpc) is 2.81. The molecule has 4 nitrogen and oxygen atoms in total. The predicted molar refractivity (Wildman–Crippen MR) is 70.2 cm³/mol. The summed E-state index contributed by atoms with van der Waals surface area (Å²) in [5.41, 5.74) is 0. The number of carbonyl (C=O) groups excluding carboxylic acids is 1. The number of likely N-dealkylation sites (N-methyl/N-ethyl adjacent to an activating group) is 1. The predicted octanol–water partition coefficient (Wildman–Crippen LogP) is 1.33. The van der Waals surface area contributed by atoms with Gasteiger partial charge in [0.25, 0.3) is 0 Å². The van der Waals surface area contributed by atoms with Gasteiger partial charge < -0.3 is 10.1 Å². The van der Waals surface area contributed by atoms with Crippen LogP contribution in [0.2, 0.25) is 0 Å². The summed E-state index contributed by atoms with van der Waals surface area (Å²) in [5.74, 6) is 0.0560. The van der Waals surface area contributed by atoms with Crippen LogP contribution < -0.4 is 5.32 Å². The molecule has 0 saturated heterocycles. The Morgan fingerprint density at radius 1 is 1.59 bits per heavy atom. The monoisotopic (exact) mass is 256 g/mol. The van der Waals surface area contributed by atoms with Crippen molar-refractivity contribution >= 4 is 17.2 Å². The Morgan fingerprint density at radius 3 is 3.00 bits per heavy atom. The molecule has 1 rings (SSSR count). The van der Waals surface area contributed by atoms with E-state index >= 15 is 0 Å². The zero-order valence-corrected chi connectivity index (χ0v) is 11.3. The maximum atomic E-state index is 11.6. The van der Waals surface area contributed by atoms with Gasteiger partial charge in [0.2, 0.25) is 5.91 Å². The van der Waals surface area contributed by atoms with E-state index in [1.165, 1.54) is 4.88 Å². The summed E-state index contributed by atoms with van der Waals surface area (Å²) < 4.78 is 4.88. The summed E-state index contributed by atoms with van der Waals surface area (Å²) in [6.07, 6.45) is 0. The molecule has 0 aliphatic carbocycles. The Bertz CT molecular complexity index is 314. The summed E-state index contributed by atoms with van der Waals surface area (Å²) in [7, 11) is 1.63. The minimum Gasteiger partial charge on any atom is -0.383 e. The van der Waals surface area contributed by atoms with Crippen molar-refractivity contribution in [3.8, 4) is 0 Å². The lowest BCUT2D eigenvalue weighted by molar-refractivity contribution is -0.122. The van der Waals surface area contributed by atoms with Crippen molar-refractivity contribution in [2.24, 2.45) is 0 Å². The summed E-state index contributed by atoms with van der Waals surface area (Å²) in [6, 6.07) is 4.13. The number of rotatable bonds is 8. The number of hydrogen-bond acceptors (Lipinski definition) is 4. The Labute approximate surface area is 107 Å². The van der Waals surface area contributed by atoms with E-state index in [-0.39, 0.29) is 5.91 Å². The van der Waals surface area contributed by atoms with Gasteiger partial charge in [-0.15, -0.1) is 11.3 Å². The van der Waals surface area contributed by atoms with Crippen molar-refractivity contribution in [3.05, 3.63) is 22.4 Å². The zero-order chi connectivity index (χ0) is 12.5. The average molecular weight is 256 g/mol. The minimum atomic E-state index is 0.0560. The second-order valence-electron chi connectivity index (χ2n) is 3.73. The van der Waals surface area contributed by atoms with Gasteiger partial charge in [-0.25, -0.2) is 0 Å². The van der Waals surface area contributed by atoms with Crippen LogP contribution in [0.3, 0.4) is 0 Å². The van der Waals surface area contributed by atoms with Crippen LogP contribution in [0.4, 0.5) is 0 Å². The highest BCUT2D eigenvalue weighted by molar-refractivity contribution is 7.09. The van der Waals surface area contributed by atoms with Gasteiger partial charge in [-0.2, -0.15) is 0 Å². The number of thiophene rings is 1. The van der Waals surface area contributed by atoms with Crippen LogP contribution in [0.5, 0.6) is 0 Å². The lowest BCUT2D eigenvalue weighted by Gasteiger charge is -2.18. The van der Waals surface area contributed by atoms with E-state index in [2.05, 4.69) is 28.6 Å². The van der Waals surface area contributed by atoms with Crippen LogP contribution in [-0.2, 0) is 16.1 Å². The molecule has 1 amide bonds. The Morgan fingerprint density at radius 2 is 2.41 bits per heavy atom. The quantitative estimate of drug-likeness (QED) is 0.714. The first-order valence-electron chi connectivity index (χ1n) is 5.76. The van der Waals surface area contributed by atoms with E-state index in [1.807, 2.05) is 6.07 Å². The third-order valence-electron chi connectivity index (χ3n) is 2.40. The number of carbonyl (C=O) groups is 1. The van der Waals surface area contributed by atoms with Gasteiger partial charge in [-0.05, 0) is 18.0 Å². The number of hydrogen-bond donors (Lipinski definition) is 1. The second-order valence-corrected chi connectivity index (χ2v) is 4.76. The van der Waals surface area contributed by atoms with E-state index in [1.54, 1.807) is 18.4 Å². The SMILES string of the molecule is CCN(CC(=O)NCCOC)Cc1cccs1. The highest BCUT2D eigenvalue weighted by Gasteiger charge is 2.09. The molecule has 0 unspecified atom stereocenters. The molecule has 0 bridgehead atoms. The summed E-state index contributed by atoms with van der Waals surface area (Å²) in [6.45, 7) is 5.35. The maximum Gasteiger partial charge on any atom is 0.234 e. The molecule has 1 N–H and O–H groups in total. The molecular weight excluding hydrogens is 236 g/mol. The summed E-state index contributed by atoms with van der Waals surface area (Å²) in [4.78, 5) is 15.0. The molecule has 0 saturated carbocycles. The fourth-order valence-corrected chi connectivity index (χ4v) is 2.20. The largest absolute Gasteiger partial charge is 0.383 e. The Hall–Kier alpha value is -0.910. The van der Waals surface area contributed by atoms with Crippen molar-refractivity contribution in [2.75, 3.05) is 33.4 Å². The number of nitrogens with one attached hydrogen (secondary N) is 1. The van der Waals surface area contributed by atoms with Gasteiger partial charge >= 0.3 is 0 Å². The van der Waals surface area contributed by atoms with Gasteiger partial charge in [0.1, 0.15) is 0 Å². The third kappa shape index (κ3) is 5.81. The molecule has 0 aliphatic heterocycles. The Kier molecular flexibility index (Phi) is 6.84. The molecule has 0 atom stereocenters. The molecule has 17 heavy (non-hydrogen) atoms. The van der Waals surface area contributed by atoms with E-state index in [0.717, 1.165) is 13.1 Å². The Balaban J connectivity index is 2.28. The molecule has 0 aromatic carbocycles. The van der Waals surface area contributed by atoms with Crippen LogP contribution in [-0.4, -0.2) is 44.2 Å². The van der Waals surface area contributed by atoms with Crippen molar-refractivity contribution in [1.82, 2.24) is 10.2 Å². The van der Waals surface area contributed by atoms with Crippen LogP contribution >= 0.6 is 11.3 Å². The van der Waals surface area contributed by atoms with Gasteiger partial charge in [0.05, 0.1) is 13.2 Å². The maximum absolute atomic E-state index is 11.6. The fraction of sp³-hybridized carbons (Fsp3) is 0.583. The molecule has 0 radical (unpaired) electrons. The highest BCUT2D eigenvalue weighted by atomic mass is 32.1. The number of nitrogens with zero attached hydrogens (tertiary/aromatic N) is 1. The fourth-order valence-electron chi connectivity index (χ4n) is 1.45. The zero-order valence-electron chi connectivity index (χ0n) is 10.4. The van der Waals surface area contributed by atoms with Crippen LogP contribution in [0.25, 0.3) is 0 Å². The first kappa shape index (κ1) is 14.2. The molecule has 5 heteroatoms. The van der Waals surface area contributed by atoms with Crippen LogP contribution in [0.1, 0.15) is 11.8 Å². The smallest absolute Gasteiger partial charge is 0.234 e. The molecule has 96 valence electrons. The van der Waals surface area contributed by atoms with E-state index in [0.29, 0.717) is 19.7 Å². The van der Waals surface area contributed by atoms with E-state index in [9.17, 15) is 4.79 Å². The van der Waals surface area contributed by atoms with Crippen molar-refractivity contribution in [1.29, 1.82) is 0 Å². The van der Waals surface area contributed by atoms with Crippen molar-refractivity contribution in [3.63, 3.8) is 0 Å². The summed E-state index contributed by atoms with van der Waals surface area (Å²) in [5, 5.41) is 4.88. The van der Waals surface area contributed by atoms with Crippen LogP contribution in [0.15, 0.2) is 17.5 Å². The first-order chi connectivity index (χ1) is 8.26. The molecule has 0 fully saturated rings. The standard InChI is InChI=1S/C12H20N2O2S/c1-3-14(9-11-5-4-8-17-11)10-12(15)13-6-7-16-2/h4-5,8H,3,6-7,9-10H2,1-2H3,(H,13,15). The van der Waals surface area contributed by atoms with Crippen molar-refractivity contribution < 1.29 is 9.53 Å². The number of ether oxygens (including phenoxy) is 1. The molecule has 1 heterocycles. The van der Waals surface area contributed by atoms with Crippen LogP contribution in [0, 0.1) is 0 Å². The van der Waals surface area contributed by atoms with Crippen molar-refractivity contribution in [2.45, 2.75) is 13.5 Å². The lowest BCUT2D eigenvalue weighted by Crippen LogP contribution is -2.37. The molecule has 0 aliphatic rings. The number of methoxy groups -OCH3 is 1. The highest BCUT2D eigenvalue weighted by Crippen LogP contribution is 2.11. The molecule has 1 aromatic heterocycles. The molecule has 0 spiro atoms. The normalized spacial score (nSPS) is 10.8. The third-order valence-corrected chi connectivity index (χ3v) is 3.26. The van der Waals surface area contributed by atoms with Gasteiger partial charge in [-0.1, -0.05) is 13.0 Å². The topological polar surface area (TPSA) is 41.6 Å². The van der Waals surface area contributed by atoms with Gasteiger partial charge in [0.15, 0.2) is 0 Å². The van der Waals surface area contributed by atoms with E-state index in [4.69, 9.17) is 4.74 Å². The van der Waals surface area contributed by atoms with Gasteiger partial charge in [-0.3, -0.25) is 9.69 Å². The van der Waals surface area contributed by atoms with Gasteiger partial charge in [0, 0.05) is 25.1 Å².